The van der Waals surface area contributed by atoms with E-state index < -0.39 is 0 Å². The van der Waals surface area contributed by atoms with Gasteiger partial charge >= 0.3 is 0 Å². The molecule has 0 spiro atoms. The van der Waals surface area contributed by atoms with Crippen LogP contribution in [0, 0.1) is 11.3 Å². The molecule has 1 fully saturated rings. The van der Waals surface area contributed by atoms with Crippen LogP contribution in [0.1, 0.15) is 45.6 Å². The molecule has 0 aromatic heterocycles. The van der Waals surface area contributed by atoms with Crippen LogP contribution in [0.2, 0.25) is 0 Å². The molecule has 2 rings (SSSR count). The van der Waals surface area contributed by atoms with Crippen molar-refractivity contribution in [1.29, 1.82) is 0 Å². The van der Waals surface area contributed by atoms with Gasteiger partial charge in [0.05, 0.1) is 4.47 Å². The molecule has 1 aromatic carbocycles. The van der Waals surface area contributed by atoms with Crippen LogP contribution >= 0.6 is 44.3 Å². The summed E-state index contributed by atoms with van der Waals surface area (Å²) >= 11 is 6.87. The fourth-order valence-electron chi connectivity index (χ4n) is 3.42. The molecule has 0 saturated heterocycles. The number of phenols is 1. The van der Waals surface area contributed by atoms with Gasteiger partial charge in [0, 0.05) is 22.6 Å². The molecule has 1 aliphatic rings. The molecular formula is C16H24Br2ClNO. The summed E-state index contributed by atoms with van der Waals surface area (Å²) in [6.07, 6.45) is 3.87. The van der Waals surface area contributed by atoms with Gasteiger partial charge in [-0.3, -0.25) is 0 Å². The molecule has 1 saturated carbocycles. The second-order valence-electron chi connectivity index (χ2n) is 6.61. The normalized spacial score (nSPS) is 24.4. The molecule has 21 heavy (non-hydrogen) atoms. The van der Waals surface area contributed by atoms with Crippen molar-refractivity contribution in [3.63, 3.8) is 0 Å². The highest BCUT2D eigenvalue weighted by Crippen LogP contribution is 2.39. The summed E-state index contributed by atoms with van der Waals surface area (Å²) in [6.45, 7) is 7.71. The van der Waals surface area contributed by atoms with Gasteiger partial charge in [-0.2, -0.15) is 0 Å². The Labute approximate surface area is 150 Å². The third-order valence-corrected chi connectivity index (χ3v) is 5.57. The van der Waals surface area contributed by atoms with E-state index >= 15 is 0 Å². The van der Waals surface area contributed by atoms with Crippen LogP contribution in [0.4, 0.5) is 0 Å². The van der Waals surface area contributed by atoms with E-state index in [1.54, 1.807) is 0 Å². The van der Waals surface area contributed by atoms with Crippen molar-refractivity contribution in [2.45, 2.75) is 52.6 Å². The molecule has 0 amide bonds. The van der Waals surface area contributed by atoms with Gasteiger partial charge in [-0.05, 0) is 52.2 Å². The van der Waals surface area contributed by atoms with Crippen molar-refractivity contribution in [2.75, 3.05) is 0 Å². The summed E-state index contributed by atoms with van der Waals surface area (Å²) < 4.78 is 1.72. The second kappa shape index (κ2) is 7.67. The highest BCUT2D eigenvalue weighted by molar-refractivity contribution is 9.11. The van der Waals surface area contributed by atoms with Crippen molar-refractivity contribution < 1.29 is 5.11 Å². The van der Waals surface area contributed by atoms with E-state index in [-0.39, 0.29) is 12.4 Å². The molecule has 1 aliphatic carbocycles. The van der Waals surface area contributed by atoms with Crippen LogP contribution in [-0.2, 0) is 6.54 Å². The van der Waals surface area contributed by atoms with Crippen molar-refractivity contribution in [3.8, 4) is 5.75 Å². The molecule has 1 aromatic rings. The molecule has 120 valence electrons. The van der Waals surface area contributed by atoms with Gasteiger partial charge in [-0.15, -0.1) is 12.4 Å². The molecule has 2 N–H and O–H groups in total. The number of hydrogen-bond acceptors (Lipinski definition) is 2. The van der Waals surface area contributed by atoms with Crippen molar-refractivity contribution in [2.24, 2.45) is 11.3 Å². The first-order valence-corrected chi connectivity index (χ1v) is 8.80. The van der Waals surface area contributed by atoms with E-state index in [0.29, 0.717) is 29.7 Å². The van der Waals surface area contributed by atoms with Gasteiger partial charge in [-0.1, -0.05) is 43.1 Å². The topological polar surface area (TPSA) is 32.3 Å². The van der Waals surface area contributed by atoms with Crippen LogP contribution in [0.15, 0.2) is 21.1 Å². The quantitative estimate of drug-likeness (QED) is 0.636. The minimum atomic E-state index is 0. The van der Waals surface area contributed by atoms with Crippen LogP contribution in [-0.4, -0.2) is 11.1 Å². The number of phenolic OH excluding ortho intramolecular Hbond substituents is 1. The van der Waals surface area contributed by atoms with E-state index in [4.69, 9.17) is 0 Å². The Kier molecular flexibility index (Phi) is 7.04. The lowest BCUT2D eigenvalue weighted by Gasteiger charge is -2.43. The summed E-state index contributed by atoms with van der Waals surface area (Å²) in [4.78, 5) is 0. The van der Waals surface area contributed by atoms with Gasteiger partial charge in [0.25, 0.3) is 0 Å². The maximum absolute atomic E-state index is 10.1. The molecule has 2 nitrogen and oxygen atoms in total. The Balaban J connectivity index is 0.00000220. The molecule has 0 heterocycles. The Morgan fingerprint density at radius 2 is 2.00 bits per heavy atom. The monoisotopic (exact) mass is 439 g/mol. The number of hydrogen-bond donors (Lipinski definition) is 2. The second-order valence-corrected chi connectivity index (χ2v) is 8.38. The van der Waals surface area contributed by atoms with Gasteiger partial charge in [0.15, 0.2) is 0 Å². The third kappa shape index (κ3) is 4.60. The SMILES string of the molecule is CC1CCCC(C)(C)C1NCc1cc(Br)cc(Br)c1O.Cl. The summed E-state index contributed by atoms with van der Waals surface area (Å²) in [5, 5.41) is 13.8. The first kappa shape index (κ1) is 19.3. The highest BCUT2D eigenvalue weighted by Gasteiger charge is 2.36. The van der Waals surface area contributed by atoms with Gasteiger partial charge in [0.1, 0.15) is 5.75 Å². The fourth-order valence-corrected chi connectivity index (χ4v) is 4.74. The average molecular weight is 442 g/mol. The van der Waals surface area contributed by atoms with Gasteiger partial charge in [0.2, 0.25) is 0 Å². The maximum atomic E-state index is 10.1. The summed E-state index contributed by atoms with van der Waals surface area (Å²) in [5.41, 5.74) is 1.25. The van der Waals surface area contributed by atoms with Gasteiger partial charge < -0.3 is 10.4 Å². The van der Waals surface area contributed by atoms with E-state index in [1.165, 1.54) is 19.3 Å². The lowest BCUT2D eigenvalue weighted by atomic mass is 9.68. The Morgan fingerprint density at radius 1 is 1.33 bits per heavy atom. The lowest BCUT2D eigenvalue weighted by Crippen LogP contribution is -2.48. The minimum Gasteiger partial charge on any atom is -0.506 e. The molecule has 0 radical (unpaired) electrons. The Hall–Kier alpha value is 0.230. The average Bonchev–Trinajstić information content (AvgIpc) is 2.33. The smallest absolute Gasteiger partial charge is 0.134 e. The summed E-state index contributed by atoms with van der Waals surface area (Å²) in [7, 11) is 0. The highest BCUT2D eigenvalue weighted by atomic mass is 79.9. The minimum absolute atomic E-state index is 0. The van der Waals surface area contributed by atoms with Crippen molar-refractivity contribution >= 4 is 44.3 Å². The van der Waals surface area contributed by atoms with Crippen LogP contribution in [0.5, 0.6) is 5.75 Å². The third-order valence-electron chi connectivity index (χ3n) is 4.51. The zero-order chi connectivity index (χ0) is 14.9. The fraction of sp³-hybridized carbons (Fsp3) is 0.625. The summed E-state index contributed by atoms with van der Waals surface area (Å²) in [5.74, 6) is 1.01. The van der Waals surface area contributed by atoms with Crippen LogP contribution in [0.3, 0.4) is 0 Å². The summed E-state index contributed by atoms with van der Waals surface area (Å²) in [6, 6.07) is 4.34. The standard InChI is InChI=1S/C16H23Br2NO.ClH/c1-10-5-4-6-16(2,3)15(10)19-9-11-7-12(17)8-13(18)14(11)20;/h7-8,10,15,19-20H,4-6,9H2,1-3H3;1H. The van der Waals surface area contributed by atoms with E-state index in [0.717, 1.165) is 14.5 Å². The number of halogens is 3. The predicted octanol–water partition coefficient (Wildman–Crippen LogP) is 5.64. The zero-order valence-corrected chi connectivity index (χ0v) is 16.7. The number of benzene rings is 1. The zero-order valence-electron chi connectivity index (χ0n) is 12.7. The molecular weight excluding hydrogens is 417 g/mol. The van der Waals surface area contributed by atoms with E-state index in [1.807, 2.05) is 12.1 Å². The number of rotatable bonds is 3. The van der Waals surface area contributed by atoms with E-state index in [9.17, 15) is 5.11 Å². The number of aromatic hydroxyl groups is 1. The van der Waals surface area contributed by atoms with Crippen molar-refractivity contribution in [3.05, 3.63) is 26.6 Å². The van der Waals surface area contributed by atoms with Gasteiger partial charge in [-0.25, -0.2) is 0 Å². The molecule has 0 bridgehead atoms. The molecule has 0 aliphatic heterocycles. The Morgan fingerprint density at radius 3 is 2.62 bits per heavy atom. The Bertz CT molecular complexity index is 493. The largest absolute Gasteiger partial charge is 0.506 e. The molecule has 5 heteroatoms. The first-order valence-electron chi connectivity index (χ1n) is 7.21. The van der Waals surface area contributed by atoms with E-state index in [2.05, 4.69) is 57.9 Å². The molecule has 2 unspecified atom stereocenters. The van der Waals surface area contributed by atoms with Crippen LogP contribution in [0.25, 0.3) is 0 Å². The lowest BCUT2D eigenvalue weighted by molar-refractivity contribution is 0.116. The maximum Gasteiger partial charge on any atom is 0.134 e. The van der Waals surface area contributed by atoms with Crippen LogP contribution < -0.4 is 5.32 Å². The molecule has 2 atom stereocenters. The number of nitrogens with one attached hydrogen (secondary N) is 1. The first-order chi connectivity index (χ1) is 9.31. The predicted molar refractivity (Wildman–Crippen MR) is 98.2 cm³/mol. The van der Waals surface area contributed by atoms with Crippen molar-refractivity contribution in [1.82, 2.24) is 5.32 Å².